The van der Waals surface area contributed by atoms with Crippen molar-refractivity contribution >= 4 is 17.7 Å². The molecule has 0 bridgehead atoms. The molecule has 3 atom stereocenters. The van der Waals surface area contributed by atoms with E-state index in [0.717, 1.165) is 29.7 Å². The smallest absolute Gasteiger partial charge is 0.237 e. The molecule has 1 amide bonds. The lowest BCUT2D eigenvalue weighted by atomic mass is 10.00. The van der Waals surface area contributed by atoms with Gasteiger partial charge in [0, 0.05) is 24.4 Å². The first-order chi connectivity index (χ1) is 13.6. The standard InChI is InChI=1S/C22H26N4OS/c1-28-20-11-21(25-14-20)22(27)26-19(13-24)10-15-2-6-17(7-3-15)18-8-4-16(12-23)5-9-18/h2-9,19-21,25H,10-11,13-14,24H2,1H3,(H,26,27)/t19-,20-,21-/m0/s1. The van der Waals surface area contributed by atoms with Crippen molar-refractivity contribution in [3.63, 3.8) is 0 Å². The fraction of sp³-hybridized carbons (Fsp3) is 0.364. The van der Waals surface area contributed by atoms with Gasteiger partial charge in [0.1, 0.15) is 0 Å². The summed E-state index contributed by atoms with van der Waals surface area (Å²) in [5, 5.41) is 15.8. The molecule has 1 aliphatic heterocycles. The third-order valence-corrected chi connectivity index (χ3v) is 6.18. The Balaban J connectivity index is 1.58. The van der Waals surface area contributed by atoms with Crippen molar-refractivity contribution in [2.45, 2.75) is 30.2 Å². The molecule has 3 rings (SSSR count). The van der Waals surface area contributed by atoms with Gasteiger partial charge in [0.15, 0.2) is 0 Å². The highest BCUT2D eigenvalue weighted by Gasteiger charge is 2.29. The molecule has 0 unspecified atom stereocenters. The first kappa shape index (κ1) is 20.4. The average molecular weight is 395 g/mol. The van der Waals surface area contributed by atoms with Gasteiger partial charge in [-0.2, -0.15) is 17.0 Å². The highest BCUT2D eigenvalue weighted by atomic mass is 32.2. The van der Waals surface area contributed by atoms with Crippen LogP contribution in [-0.4, -0.2) is 42.6 Å². The highest BCUT2D eigenvalue weighted by Crippen LogP contribution is 2.21. The van der Waals surface area contributed by atoms with Gasteiger partial charge >= 0.3 is 0 Å². The number of carbonyl (C=O) groups is 1. The molecule has 5 nitrogen and oxygen atoms in total. The zero-order valence-electron chi connectivity index (χ0n) is 16.0. The van der Waals surface area contributed by atoms with Crippen LogP contribution in [0.3, 0.4) is 0 Å². The number of nitriles is 1. The third-order valence-electron chi connectivity index (χ3n) is 5.15. The summed E-state index contributed by atoms with van der Waals surface area (Å²) in [6.45, 7) is 1.28. The molecule has 28 heavy (non-hydrogen) atoms. The van der Waals surface area contributed by atoms with Crippen molar-refractivity contribution in [3.8, 4) is 17.2 Å². The average Bonchev–Trinajstić information content (AvgIpc) is 3.23. The number of rotatable bonds is 7. The molecule has 0 spiro atoms. The van der Waals surface area contributed by atoms with Crippen LogP contribution in [0.4, 0.5) is 0 Å². The first-order valence-corrected chi connectivity index (χ1v) is 10.8. The van der Waals surface area contributed by atoms with E-state index < -0.39 is 0 Å². The Morgan fingerprint density at radius 1 is 1.25 bits per heavy atom. The Morgan fingerprint density at radius 3 is 2.43 bits per heavy atom. The summed E-state index contributed by atoms with van der Waals surface area (Å²) in [5.74, 6) is 0.0428. The number of hydrogen-bond donors (Lipinski definition) is 3. The fourth-order valence-corrected chi connectivity index (χ4v) is 4.08. The zero-order valence-corrected chi connectivity index (χ0v) is 16.8. The summed E-state index contributed by atoms with van der Waals surface area (Å²) in [4.78, 5) is 12.5. The van der Waals surface area contributed by atoms with Gasteiger partial charge in [-0.05, 0) is 47.9 Å². The number of amides is 1. The van der Waals surface area contributed by atoms with E-state index in [0.29, 0.717) is 23.8 Å². The van der Waals surface area contributed by atoms with Crippen LogP contribution in [-0.2, 0) is 11.2 Å². The summed E-state index contributed by atoms with van der Waals surface area (Å²) < 4.78 is 0. The van der Waals surface area contributed by atoms with E-state index in [-0.39, 0.29) is 18.0 Å². The molecule has 2 aromatic carbocycles. The minimum Gasteiger partial charge on any atom is -0.350 e. The van der Waals surface area contributed by atoms with Crippen LogP contribution in [0.5, 0.6) is 0 Å². The Labute approximate surface area is 170 Å². The number of carbonyl (C=O) groups excluding carboxylic acids is 1. The number of hydrogen-bond acceptors (Lipinski definition) is 5. The normalized spacial score (nSPS) is 19.8. The maximum absolute atomic E-state index is 12.5. The number of thioether (sulfide) groups is 1. The second-order valence-corrected chi connectivity index (χ2v) is 8.22. The fourth-order valence-electron chi connectivity index (χ4n) is 3.43. The Hall–Kier alpha value is -2.33. The molecule has 1 heterocycles. The topological polar surface area (TPSA) is 90.9 Å². The van der Waals surface area contributed by atoms with E-state index in [2.05, 4.69) is 47.2 Å². The van der Waals surface area contributed by atoms with Gasteiger partial charge in [-0.25, -0.2) is 0 Å². The first-order valence-electron chi connectivity index (χ1n) is 9.49. The van der Waals surface area contributed by atoms with Crippen LogP contribution in [0.15, 0.2) is 48.5 Å². The lowest BCUT2D eigenvalue weighted by Gasteiger charge is -2.20. The highest BCUT2D eigenvalue weighted by molar-refractivity contribution is 7.99. The van der Waals surface area contributed by atoms with E-state index in [1.54, 1.807) is 11.8 Å². The second-order valence-electron chi connectivity index (χ2n) is 7.09. The number of nitrogens with one attached hydrogen (secondary N) is 2. The summed E-state index contributed by atoms with van der Waals surface area (Å²) in [6, 6.07) is 17.7. The van der Waals surface area contributed by atoms with Crippen LogP contribution in [0.2, 0.25) is 0 Å². The van der Waals surface area contributed by atoms with Crippen molar-refractivity contribution in [2.24, 2.45) is 5.73 Å². The van der Waals surface area contributed by atoms with Gasteiger partial charge in [0.05, 0.1) is 17.7 Å². The van der Waals surface area contributed by atoms with Crippen LogP contribution >= 0.6 is 11.8 Å². The molecular weight excluding hydrogens is 368 g/mol. The zero-order chi connectivity index (χ0) is 19.9. The maximum atomic E-state index is 12.5. The summed E-state index contributed by atoms with van der Waals surface area (Å²) >= 11 is 1.80. The second kappa shape index (κ2) is 9.74. The number of benzene rings is 2. The van der Waals surface area contributed by atoms with Crippen LogP contribution < -0.4 is 16.4 Å². The van der Waals surface area contributed by atoms with Gasteiger partial charge in [0.2, 0.25) is 5.91 Å². The quantitative estimate of drug-likeness (QED) is 0.670. The van der Waals surface area contributed by atoms with E-state index in [1.807, 2.05) is 24.3 Å². The maximum Gasteiger partial charge on any atom is 0.237 e. The monoisotopic (exact) mass is 394 g/mol. The molecule has 0 saturated carbocycles. The number of nitrogens with zero attached hydrogens (tertiary/aromatic N) is 1. The van der Waals surface area contributed by atoms with Crippen molar-refractivity contribution in [3.05, 3.63) is 59.7 Å². The molecule has 0 aromatic heterocycles. The van der Waals surface area contributed by atoms with E-state index >= 15 is 0 Å². The van der Waals surface area contributed by atoms with Crippen LogP contribution in [0, 0.1) is 11.3 Å². The van der Waals surface area contributed by atoms with Gasteiger partial charge in [-0.3, -0.25) is 4.79 Å². The molecule has 2 aromatic rings. The van der Waals surface area contributed by atoms with Crippen molar-refractivity contribution in [1.29, 1.82) is 5.26 Å². The minimum atomic E-state index is -0.120. The molecule has 1 aliphatic rings. The van der Waals surface area contributed by atoms with Crippen molar-refractivity contribution in [1.82, 2.24) is 10.6 Å². The minimum absolute atomic E-state index is 0.0428. The van der Waals surface area contributed by atoms with E-state index in [9.17, 15) is 4.79 Å². The molecule has 1 fully saturated rings. The Kier molecular flexibility index (Phi) is 7.10. The molecule has 0 radical (unpaired) electrons. The molecule has 6 heteroatoms. The number of nitrogens with two attached hydrogens (primary N) is 1. The lowest BCUT2D eigenvalue weighted by molar-refractivity contribution is -0.123. The van der Waals surface area contributed by atoms with Gasteiger partial charge in [-0.15, -0.1) is 0 Å². The summed E-state index contributed by atoms with van der Waals surface area (Å²) in [6.07, 6.45) is 3.65. The molecular formula is C22H26N4OS. The third kappa shape index (κ3) is 5.14. The Bertz CT molecular complexity index is 829. The molecule has 1 saturated heterocycles. The molecule has 4 N–H and O–H groups in total. The molecule has 0 aliphatic carbocycles. The predicted molar refractivity (Wildman–Crippen MR) is 115 cm³/mol. The van der Waals surface area contributed by atoms with Crippen LogP contribution in [0.1, 0.15) is 17.5 Å². The largest absolute Gasteiger partial charge is 0.350 e. The van der Waals surface area contributed by atoms with Crippen molar-refractivity contribution in [2.75, 3.05) is 19.3 Å². The van der Waals surface area contributed by atoms with Gasteiger partial charge in [-0.1, -0.05) is 36.4 Å². The SMILES string of the molecule is CS[C@@H]1CN[C@H](C(=O)N[C@H](CN)Cc2ccc(-c3ccc(C#N)cc3)cc2)C1. The van der Waals surface area contributed by atoms with E-state index in [1.165, 1.54) is 0 Å². The summed E-state index contributed by atoms with van der Waals surface area (Å²) in [5.41, 5.74) is 9.86. The van der Waals surface area contributed by atoms with Gasteiger partial charge < -0.3 is 16.4 Å². The predicted octanol–water partition coefficient (Wildman–Crippen LogP) is 2.30. The van der Waals surface area contributed by atoms with Gasteiger partial charge in [0.25, 0.3) is 0 Å². The van der Waals surface area contributed by atoms with E-state index in [4.69, 9.17) is 11.0 Å². The van der Waals surface area contributed by atoms with Crippen molar-refractivity contribution < 1.29 is 4.79 Å². The summed E-state index contributed by atoms with van der Waals surface area (Å²) in [7, 11) is 0. The Morgan fingerprint density at radius 2 is 1.89 bits per heavy atom. The molecule has 146 valence electrons. The lowest BCUT2D eigenvalue weighted by Crippen LogP contribution is -2.48. The van der Waals surface area contributed by atoms with Crippen LogP contribution in [0.25, 0.3) is 11.1 Å².